The fraction of sp³-hybridized carbons (Fsp3) is 0.529. The number of fused-ring (bicyclic) bond motifs is 1. The van der Waals surface area contributed by atoms with E-state index in [1.807, 2.05) is 0 Å². The van der Waals surface area contributed by atoms with Crippen molar-refractivity contribution in [2.75, 3.05) is 39.6 Å². The number of nitrogens with zero attached hydrogens (tertiary/aromatic N) is 2. The van der Waals surface area contributed by atoms with Crippen LogP contribution in [-0.4, -0.2) is 69.6 Å². The molecule has 7 nitrogen and oxygen atoms in total. The van der Waals surface area contributed by atoms with Gasteiger partial charge in [0.05, 0.1) is 29.2 Å². The van der Waals surface area contributed by atoms with Gasteiger partial charge in [0.1, 0.15) is 0 Å². The van der Waals surface area contributed by atoms with Crippen molar-refractivity contribution in [2.45, 2.75) is 17.4 Å². The Kier molecular flexibility index (Phi) is 5.28. The highest BCUT2D eigenvalue weighted by molar-refractivity contribution is 7.91. The number of halogens is 1. The summed E-state index contributed by atoms with van der Waals surface area (Å²) in [5, 5.41) is 0.425. The maximum atomic E-state index is 12.9. The standard InChI is InChI=1S/C17H21ClN2O5S/c1-19(17(22)11-7-16(21)20(9-11)5-6-25-2)14-10-26(23,24)15-4-3-12(18)8-13(14)15/h3-4,8,11,14H,5-7,9-10H2,1-2H3/t11-,14-/m0/s1. The van der Waals surface area contributed by atoms with Crippen LogP contribution in [0.3, 0.4) is 0 Å². The number of carbonyl (C=O) groups excluding carboxylic acids is 2. The Balaban J connectivity index is 1.78. The van der Waals surface area contributed by atoms with E-state index in [9.17, 15) is 18.0 Å². The Bertz CT molecular complexity index is 842. The normalized spacial score (nSPS) is 24.0. The van der Waals surface area contributed by atoms with Gasteiger partial charge in [0.25, 0.3) is 0 Å². The summed E-state index contributed by atoms with van der Waals surface area (Å²) in [7, 11) is -0.314. The van der Waals surface area contributed by atoms with Gasteiger partial charge in [-0.05, 0) is 23.8 Å². The molecule has 9 heteroatoms. The summed E-state index contributed by atoms with van der Waals surface area (Å²) < 4.78 is 29.8. The van der Waals surface area contributed by atoms with Crippen molar-refractivity contribution in [3.05, 3.63) is 28.8 Å². The lowest BCUT2D eigenvalue weighted by Gasteiger charge is -2.27. The summed E-state index contributed by atoms with van der Waals surface area (Å²) in [6.45, 7) is 1.18. The average molecular weight is 401 g/mol. The fourth-order valence-electron chi connectivity index (χ4n) is 3.57. The van der Waals surface area contributed by atoms with E-state index in [-0.39, 0.29) is 28.9 Å². The molecule has 2 aliphatic rings. The van der Waals surface area contributed by atoms with Crippen LogP contribution >= 0.6 is 11.6 Å². The SMILES string of the molecule is COCCN1C[C@@H](C(=O)N(C)[C@H]2CS(=O)(=O)c3ccc(Cl)cc32)CC1=O. The highest BCUT2D eigenvalue weighted by Crippen LogP contribution is 2.39. The molecule has 2 aliphatic heterocycles. The van der Waals surface area contributed by atoms with E-state index in [0.29, 0.717) is 30.3 Å². The van der Waals surface area contributed by atoms with Crippen LogP contribution in [-0.2, 0) is 24.2 Å². The van der Waals surface area contributed by atoms with Crippen molar-refractivity contribution in [3.8, 4) is 0 Å². The van der Waals surface area contributed by atoms with E-state index < -0.39 is 21.8 Å². The molecule has 2 atom stereocenters. The third-order valence-corrected chi connectivity index (χ3v) is 7.02. The number of ether oxygens (including phenoxy) is 1. The molecule has 1 saturated heterocycles. The lowest BCUT2D eigenvalue weighted by molar-refractivity contribution is -0.136. The first-order valence-electron chi connectivity index (χ1n) is 8.30. The smallest absolute Gasteiger partial charge is 0.228 e. The molecular weight excluding hydrogens is 380 g/mol. The second-order valence-corrected chi connectivity index (χ2v) is 9.10. The predicted molar refractivity (Wildman–Crippen MR) is 95.6 cm³/mol. The second-order valence-electron chi connectivity index (χ2n) is 6.66. The Hall–Kier alpha value is -1.64. The van der Waals surface area contributed by atoms with E-state index in [4.69, 9.17) is 16.3 Å². The molecule has 0 aliphatic carbocycles. The third kappa shape index (κ3) is 3.45. The van der Waals surface area contributed by atoms with Gasteiger partial charge in [-0.2, -0.15) is 0 Å². The van der Waals surface area contributed by atoms with Crippen molar-refractivity contribution in [2.24, 2.45) is 5.92 Å². The molecule has 0 aromatic heterocycles. The van der Waals surface area contributed by atoms with E-state index in [0.717, 1.165) is 0 Å². The molecule has 142 valence electrons. The highest BCUT2D eigenvalue weighted by atomic mass is 35.5. The zero-order chi connectivity index (χ0) is 19.1. The molecule has 0 saturated carbocycles. The third-order valence-electron chi connectivity index (χ3n) is 4.99. The Labute approximate surface area is 157 Å². The summed E-state index contributed by atoms with van der Waals surface area (Å²) in [6, 6.07) is 4.02. The minimum absolute atomic E-state index is 0.0868. The van der Waals surface area contributed by atoms with Crippen LogP contribution < -0.4 is 0 Å². The summed E-state index contributed by atoms with van der Waals surface area (Å²) in [4.78, 5) is 28.2. The predicted octanol–water partition coefficient (Wildman–Crippen LogP) is 1.12. The van der Waals surface area contributed by atoms with E-state index in [1.54, 1.807) is 25.1 Å². The minimum Gasteiger partial charge on any atom is -0.383 e. The monoisotopic (exact) mass is 400 g/mol. The number of amides is 2. The van der Waals surface area contributed by atoms with Crippen molar-refractivity contribution < 1.29 is 22.7 Å². The molecule has 0 bridgehead atoms. The molecular formula is C17H21ClN2O5S. The number of hydrogen-bond acceptors (Lipinski definition) is 5. The number of rotatable bonds is 5. The van der Waals surface area contributed by atoms with Crippen LogP contribution in [0.25, 0.3) is 0 Å². The van der Waals surface area contributed by atoms with Gasteiger partial charge in [0.15, 0.2) is 9.84 Å². The van der Waals surface area contributed by atoms with Crippen LogP contribution in [0.5, 0.6) is 0 Å². The van der Waals surface area contributed by atoms with Crippen LogP contribution in [0.15, 0.2) is 23.1 Å². The van der Waals surface area contributed by atoms with Gasteiger partial charge in [-0.3, -0.25) is 9.59 Å². The number of methoxy groups -OCH3 is 1. The lowest BCUT2D eigenvalue weighted by Crippen LogP contribution is -2.38. The Morgan fingerprint density at radius 3 is 2.85 bits per heavy atom. The van der Waals surface area contributed by atoms with Gasteiger partial charge in [-0.25, -0.2) is 8.42 Å². The molecule has 1 aromatic carbocycles. The molecule has 2 amide bonds. The molecule has 1 fully saturated rings. The fourth-order valence-corrected chi connectivity index (χ4v) is 5.58. The van der Waals surface area contributed by atoms with Gasteiger partial charge in [-0.1, -0.05) is 11.6 Å². The number of benzene rings is 1. The minimum atomic E-state index is -3.45. The zero-order valence-corrected chi connectivity index (χ0v) is 16.2. The molecule has 2 heterocycles. The molecule has 3 rings (SSSR count). The molecule has 0 unspecified atom stereocenters. The zero-order valence-electron chi connectivity index (χ0n) is 14.6. The number of likely N-dealkylation sites (tertiary alicyclic amines) is 1. The van der Waals surface area contributed by atoms with Crippen LogP contribution in [0.1, 0.15) is 18.0 Å². The maximum absolute atomic E-state index is 12.9. The summed E-state index contributed by atoms with van der Waals surface area (Å²) >= 11 is 6.02. The van der Waals surface area contributed by atoms with Gasteiger partial charge in [-0.15, -0.1) is 0 Å². The average Bonchev–Trinajstić information content (AvgIpc) is 3.08. The van der Waals surface area contributed by atoms with E-state index >= 15 is 0 Å². The van der Waals surface area contributed by atoms with Gasteiger partial charge >= 0.3 is 0 Å². The quantitative estimate of drug-likeness (QED) is 0.739. The van der Waals surface area contributed by atoms with Gasteiger partial charge < -0.3 is 14.5 Å². The number of hydrogen-bond donors (Lipinski definition) is 0. The summed E-state index contributed by atoms with van der Waals surface area (Å²) in [5.41, 5.74) is 0.536. The topological polar surface area (TPSA) is 84.0 Å². The first-order valence-corrected chi connectivity index (χ1v) is 10.3. The van der Waals surface area contributed by atoms with Crippen LogP contribution in [0.4, 0.5) is 0 Å². The maximum Gasteiger partial charge on any atom is 0.228 e. The highest BCUT2D eigenvalue weighted by Gasteiger charge is 2.42. The van der Waals surface area contributed by atoms with Crippen molar-refractivity contribution in [1.29, 1.82) is 0 Å². The first-order chi connectivity index (χ1) is 12.2. The Morgan fingerprint density at radius 2 is 2.15 bits per heavy atom. The molecule has 26 heavy (non-hydrogen) atoms. The molecule has 0 radical (unpaired) electrons. The lowest BCUT2D eigenvalue weighted by atomic mass is 10.0. The summed E-state index contributed by atoms with van der Waals surface area (Å²) in [6.07, 6.45) is 0.134. The van der Waals surface area contributed by atoms with Crippen molar-refractivity contribution in [1.82, 2.24) is 9.80 Å². The van der Waals surface area contributed by atoms with Gasteiger partial charge in [0, 0.05) is 38.7 Å². The van der Waals surface area contributed by atoms with Crippen molar-refractivity contribution >= 4 is 33.3 Å². The van der Waals surface area contributed by atoms with Gasteiger partial charge in [0.2, 0.25) is 11.8 Å². The molecule has 0 N–H and O–H groups in total. The Morgan fingerprint density at radius 1 is 1.42 bits per heavy atom. The summed E-state index contributed by atoms with van der Waals surface area (Å²) in [5.74, 6) is -0.961. The molecule has 0 spiro atoms. The largest absolute Gasteiger partial charge is 0.383 e. The van der Waals surface area contributed by atoms with Crippen LogP contribution in [0, 0.1) is 5.92 Å². The van der Waals surface area contributed by atoms with E-state index in [2.05, 4.69) is 0 Å². The number of carbonyl (C=O) groups is 2. The van der Waals surface area contributed by atoms with Crippen molar-refractivity contribution in [3.63, 3.8) is 0 Å². The molecule has 1 aromatic rings. The second kappa shape index (κ2) is 7.17. The first kappa shape index (κ1) is 19.1. The van der Waals surface area contributed by atoms with E-state index in [1.165, 1.54) is 17.0 Å². The van der Waals surface area contributed by atoms with Crippen LogP contribution in [0.2, 0.25) is 5.02 Å². The number of sulfone groups is 1.